The average Bonchev–Trinajstić information content (AvgIpc) is 1.72. The van der Waals surface area contributed by atoms with E-state index in [2.05, 4.69) is 14.6 Å². The predicted molar refractivity (Wildman–Crippen MR) is 30.9 cm³/mol. The monoisotopic (exact) mass is 125 g/mol. The van der Waals surface area contributed by atoms with E-state index in [1.54, 1.807) is 0 Å². The Labute approximate surface area is 49.9 Å². The van der Waals surface area contributed by atoms with Gasteiger partial charge in [0, 0.05) is 5.38 Å². The molecule has 0 saturated carbocycles. The Balaban J connectivity index is 2.78. The van der Waals surface area contributed by atoms with Crippen LogP contribution in [0, 0.1) is 0 Å². The molecule has 0 aromatic rings. The van der Waals surface area contributed by atoms with Crippen LogP contribution in [0.15, 0.2) is 11.4 Å². The first-order valence-corrected chi connectivity index (χ1v) is 3.05. The highest BCUT2D eigenvalue weighted by molar-refractivity contribution is 7.03. The van der Waals surface area contributed by atoms with Gasteiger partial charge in [0.2, 0.25) is 0 Å². The van der Waals surface area contributed by atoms with Gasteiger partial charge in [-0.25, -0.2) is 0 Å². The maximum Gasteiger partial charge on any atom is 0.186 e. The van der Waals surface area contributed by atoms with Crippen molar-refractivity contribution in [2.24, 2.45) is 0 Å². The third-order valence-electron chi connectivity index (χ3n) is 0.956. The summed E-state index contributed by atoms with van der Waals surface area (Å²) < 4.78 is 4.00. The summed E-state index contributed by atoms with van der Waals surface area (Å²) in [5.74, 6) is 0.900. The lowest BCUT2D eigenvalue weighted by Crippen LogP contribution is -1.98. The molecule has 4 heteroatoms. The molecule has 0 aromatic carbocycles. The largest absolute Gasteiger partial charge is 0.258 e. The third-order valence-corrected chi connectivity index (χ3v) is 1.50. The Morgan fingerprint density at radius 2 is 2.62 bits per heavy atom. The van der Waals surface area contributed by atoms with Gasteiger partial charge in [-0.1, -0.05) is 0 Å². The number of aromatic amines is 1. The molecule has 1 N–H and O–H groups in total. The number of aromatic nitrogens is 3. The van der Waals surface area contributed by atoms with Gasteiger partial charge in [0.15, 0.2) is 5.82 Å². The van der Waals surface area contributed by atoms with Gasteiger partial charge in [-0.3, -0.25) is 5.10 Å². The summed E-state index contributed by atoms with van der Waals surface area (Å²) in [6.07, 6.45) is 0. The Hall–Kier alpha value is -0.900. The molecule has 40 valence electrons. The molecule has 2 aliphatic rings. The molecule has 3 nitrogen and oxygen atoms in total. The van der Waals surface area contributed by atoms with Crippen molar-refractivity contribution in [2.75, 3.05) is 0 Å². The van der Waals surface area contributed by atoms with Gasteiger partial charge in [0.05, 0.1) is 0 Å². The summed E-state index contributed by atoms with van der Waals surface area (Å²) in [7, 11) is 0. The maximum atomic E-state index is 4.00. The number of hydrogen-bond donors (Lipinski definition) is 1. The molecule has 0 aromatic heterocycles. The lowest BCUT2D eigenvalue weighted by Gasteiger charge is -2.01. The smallest absolute Gasteiger partial charge is 0.186 e. The Bertz CT molecular complexity index is 221. The molecule has 0 radical (unpaired) electrons. The minimum atomic E-state index is 0.900. The molecule has 0 fully saturated rings. The zero-order valence-electron chi connectivity index (χ0n) is 3.96. The molecule has 2 aliphatic heterocycles. The highest BCUT2D eigenvalue weighted by Gasteiger charge is 2.04. The van der Waals surface area contributed by atoms with E-state index in [9.17, 15) is 0 Å². The summed E-state index contributed by atoms with van der Waals surface area (Å²) in [4.78, 5) is 0. The van der Waals surface area contributed by atoms with Crippen LogP contribution in [0.3, 0.4) is 0 Å². The van der Waals surface area contributed by atoms with Crippen molar-refractivity contribution in [3.05, 3.63) is 11.4 Å². The highest BCUT2D eigenvalue weighted by atomic mass is 32.1. The van der Waals surface area contributed by atoms with Gasteiger partial charge in [-0.05, 0) is 17.6 Å². The molecule has 0 bridgehead atoms. The van der Waals surface area contributed by atoms with E-state index < -0.39 is 0 Å². The van der Waals surface area contributed by atoms with Crippen LogP contribution in [0.2, 0.25) is 0 Å². The SMILES string of the molecule is c1cc2n[nH]c-2ns1. The van der Waals surface area contributed by atoms with Crippen LogP contribution in [0.1, 0.15) is 0 Å². The summed E-state index contributed by atoms with van der Waals surface area (Å²) in [6.45, 7) is 0. The van der Waals surface area contributed by atoms with Crippen molar-refractivity contribution in [1.29, 1.82) is 0 Å². The topological polar surface area (TPSA) is 41.6 Å². The third kappa shape index (κ3) is 0.376. The van der Waals surface area contributed by atoms with Gasteiger partial charge in [0.1, 0.15) is 5.69 Å². The fourth-order valence-electron chi connectivity index (χ4n) is 0.532. The van der Waals surface area contributed by atoms with Crippen LogP contribution >= 0.6 is 11.5 Å². The molecule has 0 unspecified atom stereocenters. The first-order valence-electron chi connectivity index (χ1n) is 2.21. The van der Waals surface area contributed by atoms with Crippen molar-refractivity contribution in [3.8, 4) is 11.5 Å². The Morgan fingerprint density at radius 3 is 3.00 bits per heavy atom. The molecule has 0 saturated heterocycles. The number of H-pyrrole nitrogens is 1. The van der Waals surface area contributed by atoms with E-state index in [1.165, 1.54) is 11.5 Å². The molecule has 8 heavy (non-hydrogen) atoms. The van der Waals surface area contributed by atoms with Gasteiger partial charge in [0.25, 0.3) is 0 Å². The second kappa shape index (κ2) is 1.29. The second-order valence-electron chi connectivity index (χ2n) is 1.46. The minimum absolute atomic E-state index is 0.900. The van der Waals surface area contributed by atoms with Crippen molar-refractivity contribution < 1.29 is 0 Å². The Morgan fingerprint density at radius 1 is 1.62 bits per heavy atom. The lowest BCUT2D eigenvalue weighted by molar-refractivity contribution is 0.941. The molecule has 0 spiro atoms. The molecule has 0 aliphatic carbocycles. The van der Waals surface area contributed by atoms with E-state index in [0.29, 0.717) is 0 Å². The number of nitrogens with one attached hydrogen (secondary N) is 1. The fourth-order valence-corrected chi connectivity index (χ4v) is 1.02. The number of rotatable bonds is 0. The highest BCUT2D eigenvalue weighted by Crippen LogP contribution is 2.14. The summed E-state index contributed by atoms with van der Waals surface area (Å²) in [5, 5.41) is 8.45. The second-order valence-corrected chi connectivity index (χ2v) is 2.12. The molecule has 2 heterocycles. The quantitative estimate of drug-likeness (QED) is 0.570. The maximum absolute atomic E-state index is 4.00. The van der Waals surface area contributed by atoms with Crippen LogP contribution in [0.4, 0.5) is 0 Å². The summed E-state index contributed by atoms with van der Waals surface area (Å²) in [5.41, 5.74) is 0.962. The van der Waals surface area contributed by atoms with E-state index in [4.69, 9.17) is 0 Å². The molecule has 2 rings (SSSR count). The zero-order valence-corrected chi connectivity index (χ0v) is 4.77. The van der Waals surface area contributed by atoms with Crippen LogP contribution in [-0.4, -0.2) is 14.6 Å². The van der Waals surface area contributed by atoms with Crippen molar-refractivity contribution in [3.63, 3.8) is 0 Å². The van der Waals surface area contributed by atoms with E-state index >= 15 is 0 Å². The lowest BCUT2D eigenvalue weighted by atomic mass is 10.4. The van der Waals surface area contributed by atoms with Gasteiger partial charge in [-0.15, -0.1) is 0 Å². The van der Waals surface area contributed by atoms with Crippen LogP contribution in [0.5, 0.6) is 0 Å². The van der Waals surface area contributed by atoms with Crippen molar-refractivity contribution in [2.45, 2.75) is 0 Å². The van der Waals surface area contributed by atoms with Crippen LogP contribution < -0.4 is 0 Å². The first-order chi connectivity index (χ1) is 3.97. The van der Waals surface area contributed by atoms with Crippen LogP contribution in [-0.2, 0) is 0 Å². The predicted octanol–water partition coefficient (Wildman–Crippen LogP) is 0.971. The zero-order chi connectivity index (χ0) is 5.40. The fraction of sp³-hybridized carbons (Fsp3) is 0. The van der Waals surface area contributed by atoms with Gasteiger partial charge in [-0.2, -0.15) is 9.47 Å². The number of hydrogen-bond acceptors (Lipinski definition) is 3. The van der Waals surface area contributed by atoms with Gasteiger partial charge < -0.3 is 0 Å². The van der Waals surface area contributed by atoms with Crippen molar-refractivity contribution in [1.82, 2.24) is 14.6 Å². The molecule has 0 amide bonds. The van der Waals surface area contributed by atoms with Crippen molar-refractivity contribution >= 4 is 11.5 Å². The molecular formula is C4H3N3S. The van der Waals surface area contributed by atoms with Crippen LogP contribution in [0.25, 0.3) is 11.5 Å². The first kappa shape index (κ1) is 4.03. The number of nitrogens with zero attached hydrogens (tertiary/aromatic N) is 2. The Kier molecular flexibility index (Phi) is 0.648. The van der Waals surface area contributed by atoms with E-state index in [-0.39, 0.29) is 0 Å². The normalized spacial score (nSPS) is 10.5. The van der Waals surface area contributed by atoms with E-state index in [0.717, 1.165) is 11.5 Å². The standard InChI is InChI=1S/C4H3N3S/c1-2-8-7-4-3(1)5-6-4/h1-2H,(H,6,7). The number of fused-ring (bicyclic) bond motifs is 1. The van der Waals surface area contributed by atoms with E-state index in [1.807, 2.05) is 11.4 Å². The summed E-state index contributed by atoms with van der Waals surface area (Å²) in [6, 6.07) is 1.93. The van der Waals surface area contributed by atoms with Gasteiger partial charge >= 0.3 is 0 Å². The molecule has 0 atom stereocenters. The average molecular weight is 125 g/mol. The minimum Gasteiger partial charge on any atom is -0.258 e. The molecular weight excluding hydrogens is 122 g/mol. The summed E-state index contributed by atoms with van der Waals surface area (Å²) >= 11 is 1.42.